The number of pyridine rings is 1. The highest BCUT2D eigenvalue weighted by atomic mass is 16.6. The molecule has 1 atom stereocenters. The zero-order chi connectivity index (χ0) is 29.1. The molecule has 1 aliphatic heterocycles. The van der Waals surface area contributed by atoms with Crippen molar-refractivity contribution < 1.29 is 14.3 Å². The summed E-state index contributed by atoms with van der Waals surface area (Å²) in [5.41, 5.74) is 8.10. The van der Waals surface area contributed by atoms with Crippen LogP contribution in [0, 0.1) is 19.3 Å². The number of rotatable bonds is 8. The first-order valence-corrected chi connectivity index (χ1v) is 14.6. The highest BCUT2D eigenvalue weighted by Gasteiger charge is 2.37. The van der Waals surface area contributed by atoms with E-state index in [1.165, 1.54) is 11.1 Å². The third kappa shape index (κ3) is 7.11. The van der Waals surface area contributed by atoms with Gasteiger partial charge in [0.25, 0.3) is 0 Å². The molecule has 0 spiro atoms. The summed E-state index contributed by atoms with van der Waals surface area (Å²) in [6, 6.07) is 19.3. The van der Waals surface area contributed by atoms with Crippen molar-refractivity contribution in [1.82, 2.24) is 4.98 Å². The third-order valence-corrected chi connectivity index (χ3v) is 7.74. The number of carbonyl (C=O) groups is 1. The third-order valence-electron chi connectivity index (χ3n) is 7.74. The summed E-state index contributed by atoms with van der Waals surface area (Å²) in [5.74, 6) is -0.367. The molecule has 40 heavy (non-hydrogen) atoms. The van der Waals surface area contributed by atoms with E-state index in [4.69, 9.17) is 14.5 Å². The van der Waals surface area contributed by atoms with Gasteiger partial charge in [-0.15, -0.1) is 0 Å². The molecule has 0 amide bonds. The zero-order valence-corrected chi connectivity index (χ0v) is 25.6. The lowest BCUT2D eigenvalue weighted by Gasteiger charge is -2.41. The Kier molecular flexibility index (Phi) is 9.04. The van der Waals surface area contributed by atoms with E-state index in [1.807, 2.05) is 40.7 Å². The normalized spacial score (nSPS) is 16.1. The number of carbonyl (C=O) groups excluding carboxylic acids is 1. The van der Waals surface area contributed by atoms with Crippen LogP contribution >= 0.6 is 0 Å². The van der Waals surface area contributed by atoms with Crippen LogP contribution in [-0.4, -0.2) is 36.3 Å². The fraction of sp³-hybridized carbons (Fsp3) is 0.486. The molecule has 3 aromatic rings. The van der Waals surface area contributed by atoms with Crippen molar-refractivity contribution in [3.63, 3.8) is 0 Å². The molecule has 1 aliphatic rings. The molecule has 0 N–H and O–H groups in total. The van der Waals surface area contributed by atoms with Gasteiger partial charge in [0.15, 0.2) is 6.10 Å². The second-order valence-electron chi connectivity index (χ2n) is 12.8. The molecule has 214 valence electrons. The van der Waals surface area contributed by atoms with Gasteiger partial charge in [0, 0.05) is 35.6 Å². The average molecular weight is 543 g/mol. The first-order valence-electron chi connectivity index (χ1n) is 14.6. The van der Waals surface area contributed by atoms with Gasteiger partial charge in [-0.2, -0.15) is 0 Å². The quantitative estimate of drug-likeness (QED) is 0.270. The summed E-state index contributed by atoms with van der Waals surface area (Å²) >= 11 is 0. The van der Waals surface area contributed by atoms with Gasteiger partial charge in [-0.3, -0.25) is 4.98 Å². The van der Waals surface area contributed by atoms with Gasteiger partial charge >= 0.3 is 5.97 Å². The Morgan fingerprint density at radius 1 is 0.950 bits per heavy atom. The Balaban J connectivity index is 1.87. The molecule has 5 nitrogen and oxygen atoms in total. The molecule has 1 aromatic heterocycles. The second kappa shape index (κ2) is 12.1. The van der Waals surface area contributed by atoms with Crippen LogP contribution in [0.25, 0.3) is 11.1 Å². The summed E-state index contributed by atoms with van der Waals surface area (Å²) < 4.78 is 12.0. The molecular weight excluding hydrogens is 496 g/mol. The van der Waals surface area contributed by atoms with E-state index in [1.54, 1.807) is 0 Å². The van der Waals surface area contributed by atoms with E-state index in [0.717, 1.165) is 66.1 Å². The highest BCUT2D eigenvalue weighted by molar-refractivity contribution is 5.88. The summed E-state index contributed by atoms with van der Waals surface area (Å²) in [7, 11) is 0. The molecule has 2 aromatic carbocycles. The Labute approximate surface area is 240 Å². The number of esters is 1. The molecule has 0 aliphatic carbocycles. The number of hydrogen-bond acceptors (Lipinski definition) is 5. The fourth-order valence-electron chi connectivity index (χ4n) is 5.59. The van der Waals surface area contributed by atoms with Gasteiger partial charge in [0.1, 0.15) is 0 Å². The van der Waals surface area contributed by atoms with Crippen molar-refractivity contribution in [2.24, 2.45) is 5.41 Å². The predicted octanol–water partition coefficient (Wildman–Crippen LogP) is 8.00. The lowest BCUT2D eigenvalue weighted by atomic mass is 9.81. The van der Waals surface area contributed by atoms with Crippen molar-refractivity contribution in [2.45, 2.75) is 86.4 Å². The molecule has 0 unspecified atom stereocenters. The Morgan fingerprint density at radius 2 is 1.55 bits per heavy atom. The van der Waals surface area contributed by atoms with Gasteiger partial charge in [-0.1, -0.05) is 68.4 Å². The lowest BCUT2D eigenvalue weighted by Crippen LogP contribution is -2.39. The average Bonchev–Trinajstić information content (AvgIpc) is 2.88. The topological polar surface area (TPSA) is 51.7 Å². The van der Waals surface area contributed by atoms with Crippen LogP contribution in [0.15, 0.2) is 54.6 Å². The lowest BCUT2D eigenvalue weighted by molar-refractivity contribution is -0.166. The number of benzene rings is 2. The number of aryl methyl sites for hydroxylation is 2. The van der Waals surface area contributed by atoms with Crippen molar-refractivity contribution in [1.29, 1.82) is 0 Å². The molecule has 1 saturated heterocycles. The number of hydrogen-bond donors (Lipinski definition) is 0. The SMILES string of the molecule is CCOC(=O)[C@@H](OC(C)(C)C)c1c(C)nc(C)c(-c2ccc(Cc3ccccc3)cc2)c1N1CCC(C)(C)CC1. The van der Waals surface area contributed by atoms with Crippen LogP contribution in [0.1, 0.15) is 88.6 Å². The van der Waals surface area contributed by atoms with Gasteiger partial charge in [0.2, 0.25) is 0 Å². The second-order valence-corrected chi connectivity index (χ2v) is 12.8. The van der Waals surface area contributed by atoms with E-state index in [9.17, 15) is 4.79 Å². The fourth-order valence-corrected chi connectivity index (χ4v) is 5.59. The van der Waals surface area contributed by atoms with Crippen LogP contribution in [0.3, 0.4) is 0 Å². The first kappa shape index (κ1) is 29.8. The van der Waals surface area contributed by atoms with Crippen LogP contribution in [0.5, 0.6) is 0 Å². The number of piperidine rings is 1. The Morgan fingerprint density at radius 3 is 2.12 bits per heavy atom. The minimum absolute atomic E-state index is 0.287. The number of ether oxygens (including phenoxy) is 2. The summed E-state index contributed by atoms with van der Waals surface area (Å²) in [6.45, 7) is 18.6. The smallest absolute Gasteiger partial charge is 0.340 e. The summed E-state index contributed by atoms with van der Waals surface area (Å²) in [5, 5.41) is 0. The monoisotopic (exact) mass is 542 g/mol. The maximum absolute atomic E-state index is 13.5. The highest BCUT2D eigenvalue weighted by Crippen LogP contribution is 2.45. The van der Waals surface area contributed by atoms with E-state index in [0.29, 0.717) is 6.61 Å². The van der Waals surface area contributed by atoms with Crippen LogP contribution in [0.4, 0.5) is 5.69 Å². The largest absolute Gasteiger partial charge is 0.464 e. The van der Waals surface area contributed by atoms with Crippen molar-refractivity contribution in [3.8, 4) is 11.1 Å². The molecule has 2 heterocycles. The van der Waals surface area contributed by atoms with Gasteiger partial charge < -0.3 is 14.4 Å². The first-order chi connectivity index (χ1) is 18.9. The summed E-state index contributed by atoms with van der Waals surface area (Å²) in [6.07, 6.45) is 2.17. The van der Waals surface area contributed by atoms with Crippen molar-refractivity contribution in [3.05, 3.63) is 82.7 Å². The summed E-state index contributed by atoms with van der Waals surface area (Å²) in [4.78, 5) is 20.9. The predicted molar refractivity (Wildman–Crippen MR) is 164 cm³/mol. The van der Waals surface area contributed by atoms with Gasteiger partial charge in [-0.05, 0) is 82.9 Å². The minimum atomic E-state index is -0.867. The van der Waals surface area contributed by atoms with E-state index >= 15 is 0 Å². The molecule has 0 bridgehead atoms. The molecule has 4 rings (SSSR count). The van der Waals surface area contributed by atoms with Crippen molar-refractivity contribution >= 4 is 11.7 Å². The van der Waals surface area contributed by atoms with E-state index in [-0.39, 0.29) is 11.4 Å². The number of anilines is 1. The standard InChI is InChI=1S/C35H46N2O3/c1-9-39-33(38)32(40-34(4,5)6)30-25(3)36-24(2)29(31(30)37-21-19-35(7,8)20-22-37)28-17-15-27(16-18-28)23-26-13-11-10-12-14-26/h10-18,32H,9,19-23H2,1-8H3/t32-/m0/s1. The maximum Gasteiger partial charge on any atom is 0.340 e. The Bertz CT molecular complexity index is 1300. The maximum atomic E-state index is 13.5. The van der Waals surface area contributed by atoms with Crippen LogP contribution in [-0.2, 0) is 20.7 Å². The molecule has 5 heteroatoms. The van der Waals surface area contributed by atoms with E-state index in [2.05, 4.69) is 74.2 Å². The van der Waals surface area contributed by atoms with Crippen LogP contribution < -0.4 is 4.90 Å². The zero-order valence-electron chi connectivity index (χ0n) is 25.6. The van der Waals surface area contributed by atoms with Crippen LogP contribution in [0.2, 0.25) is 0 Å². The number of aromatic nitrogens is 1. The molecule has 0 radical (unpaired) electrons. The molecule has 1 fully saturated rings. The van der Waals surface area contributed by atoms with Crippen molar-refractivity contribution in [2.75, 3.05) is 24.6 Å². The molecule has 0 saturated carbocycles. The molecular formula is C35H46N2O3. The van der Waals surface area contributed by atoms with Gasteiger partial charge in [-0.25, -0.2) is 4.79 Å². The Hall–Kier alpha value is -3.18. The minimum Gasteiger partial charge on any atom is -0.464 e. The van der Waals surface area contributed by atoms with Gasteiger partial charge in [0.05, 0.1) is 17.9 Å². The van der Waals surface area contributed by atoms with E-state index < -0.39 is 11.7 Å². The number of nitrogens with zero attached hydrogens (tertiary/aromatic N) is 2.